The Bertz CT molecular complexity index is 187. The van der Waals surface area contributed by atoms with Crippen molar-refractivity contribution in [3.63, 3.8) is 0 Å². The zero-order valence-electron chi connectivity index (χ0n) is 9.17. The van der Waals surface area contributed by atoms with Gasteiger partial charge in [-0.25, -0.2) is 0 Å². The maximum atomic E-state index is 9.57. The molecule has 1 aliphatic heterocycles. The highest BCUT2D eigenvalue weighted by molar-refractivity contribution is 4.91. The van der Waals surface area contributed by atoms with Crippen LogP contribution in [0.5, 0.6) is 0 Å². The van der Waals surface area contributed by atoms with E-state index >= 15 is 0 Å². The first kappa shape index (κ1) is 10.4. The van der Waals surface area contributed by atoms with Crippen molar-refractivity contribution in [2.45, 2.75) is 51.6 Å². The Hall–Kier alpha value is -0.0800. The maximum Gasteiger partial charge on any atom is 0.0626 e. The molecule has 2 rings (SSSR count). The van der Waals surface area contributed by atoms with Crippen molar-refractivity contribution in [2.24, 2.45) is 11.3 Å². The van der Waals surface area contributed by atoms with Gasteiger partial charge in [0.1, 0.15) is 0 Å². The number of aliphatic hydroxyl groups excluding tert-OH is 1. The molecular formula is C12H22O2. The van der Waals surface area contributed by atoms with E-state index in [0.29, 0.717) is 6.61 Å². The normalized spacial score (nSPS) is 39.4. The third-order valence-corrected chi connectivity index (χ3v) is 4.32. The number of aliphatic hydroxyl groups is 1. The lowest BCUT2D eigenvalue weighted by molar-refractivity contribution is 0.0121. The van der Waals surface area contributed by atoms with Crippen molar-refractivity contribution >= 4 is 0 Å². The predicted molar refractivity (Wildman–Crippen MR) is 56.1 cm³/mol. The molecule has 0 spiro atoms. The fourth-order valence-corrected chi connectivity index (χ4v) is 3.15. The van der Waals surface area contributed by atoms with E-state index in [1.54, 1.807) is 0 Å². The summed E-state index contributed by atoms with van der Waals surface area (Å²) in [5.41, 5.74) is 0.0923. The average molecular weight is 198 g/mol. The predicted octanol–water partition coefficient (Wildman–Crippen LogP) is 2.35. The third-order valence-electron chi connectivity index (χ3n) is 4.32. The molecule has 0 aromatic carbocycles. The summed E-state index contributed by atoms with van der Waals surface area (Å²) in [7, 11) is 0. The number of rotatable bonds is 3. The summed E-state index contributed by atoms with van der Waals surface area (Å²) in [4.78, 5) is 0. The summed E-state index contributed by atoms with van der Waals surface area (Å²) < 4.78 is 5.61. The first-order chi connectivity index (χ1) is 6.77. The molecule has 2 atom stereocenters. The van der Waals surface area contributed by atoms with Gasteiger partial charge in [-0.15, -0.1) is 0 Å². The van der Waals surface area contributed by atoms with Crippen molar-refractivity contribution in [2.75, 3.05) is 13.2 Å². The third kappa shape index (κ3) is 1.82. The lowest BCUT2D eigenvalue weighted by atomic mass is 9.74. The smallest absolute Gasteiger partial charge is 0.0626 e. The molecular weight excluding hydrogens is 176 g/mol. The Morgan fingerprint density at radius 3 is 2.57 bits per heavy atom. The van der Waals surface area contributed by atoms with E-state index in [-0.39, 0.29) is 11.5 Å². The molecule has 1 N–H and O–H groups in total. The SMILES string of the molecule is CC1OCCC1(CO)CC1CCCC1. The van der Waals surface area contributed by atoms with E-state index in [9.17, 15) is 5.11 Å². The van der Waals surface area contributed by atoms with E-state index in [2.05, 4.69) is 6.92 Å². The van der Waals surface area contributed by atoms with Crippen LogP contribution in [0.3, 0.4) is 0 Å². The molecule has 14 heavy (non-hydrogen) atoms. The van der Waals surface area contributed by atoms with Crippen LogP contribution in [0, 0.1) is 11.3 Å². The molecule has 1 heterocycles. The largest absolute Gasteiger partial charge is 0.396 e. The Balaban J connectivity index is 1.97. The Morgan fingerprint density at radius 1 is 1.36 bits per heavy atom. The Morgan fingerprint density at radius 2 is 2.07 bits per heavy atom. The Labute approximate surface area is 86.6 Å². The van der Waals surface area contributed by atoms with Crippen LogP contribution < -0.4 is 0 Å². The molecule has 0 radical (unpaired) electrons. The van der Waals surface area contributed by atoms with Gasteiger partial charge in [0.2, 0.25) is 0 Å². The van der Waals surface area contributed by atoms with Crippen LogP contribution in [0.4, 0.5) is 0 Å². The second kappa shape index (κ2) is 4.19. The molecule has 2 aliphatic rings. The zero-order valence-corrected chi connectivity index (χ0v) is 9.17. The molecule has 2 heteroatoms. The minimum atomic E-state index is 0.0923. The van der Waals surface area contributed by atoms with Crippen molar-refractivity contribution in [3.8, 4) is 0 Å². The van der Waals surface area contributed by atoms with Gasteiger partial charge < -0.3 is 9.84 Å². The topological polar surface area (TPSA) is 29.5 Å². The molecule has 0 amide bonds. The van der Waals surface area contributed by atoms with Crippen LogP contribution in [0.15, 0.2) is 0 Å². The van der Waals surface area contributed by atoms with Crippen molar-refractivity contribution in [1.82, 2.24) is 0 Å². The van der Waals surface area contributed by atoms with E-state index in [1.807, 2.05) is 0 Å². The fourth-order valence-electron chi connectivity index (χ4n) is 3.15. The quantitative estimate of drug-likeness (QED) is 0.754. The molecule has 2 nitrogen and oxygen atoms in total. The van der Waals surface area contributed by atoms with Gasteiger partial charge in [0.15, 0.2) is 0 Å². The minimum Gasteiger partial charge on any atom is -0.396 e. The van der Waals surface area contributed by atoms with Gasteiger partial charge >= 0.3 is 0 Å². The van der Waals surface area contributed by atoms with Crippen molar-refractivity contribution < 1.29 is 9.84 Å². The molecule has 1 saturated carbocycles. The van der Waals surface area contributed by atoms with Crippen LogP contribution in [-0.4, -0.2) is 24.4 Å². The van der Waals surface area contributed by atoms with Crippen LogP contribution in [0.1, 0.15) is 45.4 Å². The summed E-state index contributed by atoms with van der Waals surface area (Å²) in [5.74, 6) is 0.853. The molecule has 2 fully saturated rings. The van der Waals surface area contributed by atoms with Gasteiger partial charge in [0.05, 0.1) is 12.7 Å². The standard InChI is InChI=1S/C12H22O2/c1-10-12(9-13,6-7-14-10)8-11-4-2-3-5-11/h10-11,13H,2-9H2,1H3. The number of hydrogen-bond acceptors (Lipinski definition) is 2. The summed E-state index contributed by atoms with van der Waals surface area (Å²) in [6, 6.07) is 0. The van der Waals surface area contributed by atoms with Crippen LogP contribution in [0.2, 0.25) is 0 Å². The number of ether oxygens (including phenoxy) is 1. The maximum absolute atomic E-state index is 9.57. The van der Waals surface area contributed by atoms with E-state index < -0.39 is 0 Å². The highest BCUT2D eigenvalue weighted by Gasteiger charge is 2.42. The first-order valence-corrected chi connectivity index (χ1v) is 5.99. The lowest BCUT2D eigenvalue weighted by Gasteiger charge is -2.32. The monoisotopic (exact) mass is 198 g/mol. The summed E-state index contributed by atoms with van der Waals surface area (Å²) in [6.07, 6.45) is 8.02. The van der Waals surface area contributed by atoms with E-state index in [1.165, 1.54) is 32.1 Å². The average Bonchev–Trinajstić information content (AvgIpc) is 2.79. The van der Waals surface area contributed by atoms with Crippen LogP contribution >= 0.6 is 0 Å². The second-order valence-electron chi connectivity index (χ2n) is 5.14. The van der Waals surface area contributed by atoms with Gasteiger partial charge in [0, 0.05) is 12.0 Å². The molecule has 1 aliphatic carbocycles. The molecule has 2 unspecified atom stereocenters. The van der Waals surface area contributed by atoms with Gasteiger partial charge in [-0.1, -0.05) is 25.7 Å². The van der Waals surface area contributed by atoms with Crippen LogP contribution in [-0.2, 0) is 4.74 Å². The number of hydrogen-bond donors (Lipinski definition) is 1. The highest BCUT2D eigenvalue weighted by atomic mass is 16.5. The fraction of sp³-hybridized carbons (Fsp3) is 1.00. The Kier molecular flexibility index (Phi) is 3.13. The van der Waals surface area contributed by atoms with Crippen LogP contribution in [0.25, 0.3) is 0 Å². The highest BCUT2D eigenvalue weighted by Crippen LogP contribution is 2.43. The zero-order chi connectivity index (χ0) is 10.0. The first-order valence-electron chi connectivity index (χ1n) is 5.99. The molecule has 82 valence electrons. The summed E-state index contributed by atoms with van der Waals surface area (Å²) >= 11 is 0. The van der Waals surface area contributed by atoms with Gasteiger partial charge in [-0.05, 0) is 25.7 Å². The molecule has 0 aromatic heterocycles. The molecule has 1 saturated heterocycles. The minimum absolute atomic E-state index is 0.0923. The van der Waals surface area contributed by atoms with Gasteiger partial charge in [0.25, 0.3) is 0 Å². The summed E-state index contributed by atoms with van der Waals surface area (Å²) in [6.45, 7) is 3.28. The van der Waals surface area contributed by atoms with Gasteiger partial charge in [-0.2, -0.15) is 0 Å². The molecule has 0 aromatic rings. The second-order valence-corrected chi connectivity index (χ2v) is 5.14. The molecule has 0 bridgehead atoms. The van der Waals surface area contributed by atoms with E-state index in [0.717, 1.165) is 18.9 Å². The van der Waals surface area contributed by atoms with Gasteiger partial charge in [-0.3, -0.25) is 0 Å². The van der Waals surface area contributed by atoms with Crippen molar-refractivity contribution in [3.05, 3.63) is 0 Å². The van der Waals surface area contributed by atoms with Crippen molar-refractivity contribution in [1.29, 1.82) is 0 Å². The summed E-state index contributed by atoms with van der Waals surface area (Å²) in [5, 5.41) is 9.57. The lowest BCUT2D eigenvalue weighted by Crippen LogP contribution is -2.34. The van der Waals surface area contributed by atoms with E-state index in [4.69, 9.17) is 4.74 Å².